The Hall–Kier alpha value is -2.48. The number of fused-ring (bicyclic) bond motifs is 1. The van der Waals surface area contributed by atoms with Crippen molar-refractivity contribution in [2.75, 3.05) is 5.32 Å². The number of nitrogens with zero attached hydrogens (tertiary/aromatic N) is 2. The third-order valence-corrected chi connectivity index (χ3v) is 4.59. The van der Waals surface area contributed by atoms with Gasteiger partial charge in [-0.25, -0.2) is 4.98 Å². The van der Waals surface area contributed by atoms with Gasteiger partial charge in [0.05, 0.1) is 22.5 Å². The number of hydrogen-bond donors (Lipinski definition) is 1. The first-order valence-corrected chi connectivity index (χ1v) is 8.29. The average molecular weight is 365 g/mol. The molecule has 1 atom stereocenters. The fourth-order valence-electron chi connectivity index (χ4n) is 2.24. The lowest BCUT2D eigenvalue weighted by Gasteiger charge is -2.13. The quantitative estimate of drug-likeness (QED) is 0.694. The van der Waals surface area contributed by atoms with Crippen molar-refractivity contribution in [1.82, 2.24) is 9.38 Å². The lowest BCUT2D eigenvalue weighted by molar-refractivity contribution is -0.137. The number of hydrogen-bond acceptors (Lipinski definition) is 3. The van der Waals surface area contributed by atoms with E-state index in [4.69, 9.17) is 0 Å². The van der Waals surface area contributed by atoms with Crippen LogP contribution in [0.1, 0.15) is 12.5 Å². The molecule has 1 amide bonds. The van der Waals surface area contributed by atoms with Crippen molar-refractivity contribution in [2.24, 2.45) is 0 Å². The molecular weight excluding hydrogens is 351 g/mol. The predicted octanol–water partition coefficient (Wildman–Crippen LogP) is 4.47. The maximum absolute atomic E-state index is 12.7. The van der Waals surface area contributed by atoms with Gasteiger partial charge in [0.15, 0.2) is 5.16 Å². The first kappa shape index (κ1) is 17.3. The topological polar surface area (TPSA) is 46.4 Å². The van der Waals surface area contributed by atoms with Gasteiger partial charge in [-0.3, -0.25) is 9.20 Å². The number of carbonyl (C=O) groups excluding carboxylic acids is 1. The molecule has 0 aliphatic carbocycles. The van der Waals surface area contributed by atoms with Crippen molar-refractivity contribution in [2.45, 2.75) is 23.5 Å². The summed E-state index contributed by atoms with van der Waals surface area (Å²) < 4.78 is 40.1. The molecule has 0 fully saturated rings. The molecule has 1 N–H and O–H groups in total. The molecule has 130 valence electrons. The summed E-state index contributed by atoms with van der Waals surface area (Å²) in [7, 11) is 0. The van der Waals surface area contributed by atoms with Gasteiger partial charge in [0.2, 0.25) is 5.91 Å². The van der Waals surface area contributed by atoms with Gasteiger partial charge in [-0.15, -0.1) is 0 Å². The number of rotatable bonds is 4. The molecule has 0 radical (unpaired) electrons. The van der Waals surface area contributed by atoms with Gasteiger partial charge in [0.1, 0.15) is 0 Å². The highest BCUT2D eigenvalue weighted by Gasteiger charge is 2.30. The van der Waals surface area contributed by atoms with E-state index in [0.717, 1.165) is 17.6 Å². The summed E-state index contributed by atoms with van der Waals surface area (Å²) in [6.45, 7) is 1.68. The van der Waals surface area contributed by atoms with Crippen LogP contribution < -0.4 is 5.32 Å². The van der Waals surface area contributed by atoms with Gasteiger partial charge in [-0.05, 0) is 37.3 Å². The zero-order valence-corrected chi connectivity index (χ0v) is 13.9. The van der Waals surface area contributed by atoms with E-state index in [1.54, 1.807) is 13.1 Å². The molecule has 1 unspecified atom stereocenters. The normalized spacial score (nSPS) is 13.0. The summed E-state index contributed by atoms with van der Waals surface area (Å²) in [6, 6.07) is 10.2. The number of alkyl halides is 3. The molecule has 1 aromatic carbocycles. The number of carbonyl (C=O) groups is 1. The second-order valence-corrected chi connectivity index (χ2v) is 6.67. The Morgan fingerprint density at radius 3 is 2.80 bits per heavy atom. The minimum atomic E-state index is -4.45. The second-order valence-electron chi connectivity index (χ2n) is 5.36. The zero-order valence-electron chi connectivity index (χ0n) is 13.1. The molecule has 0 saturated carbocycles. The van der Waals surface area contributed by atoms with E-state index in [-0.39, 0.29) is 5.69 Å². The van der Waals surface area contributed by atoms with E-state index < -0.39 is 22.9 Å². The summed E-state index contributed by atoms with van der Waals surface area (Å²) in [5.41, 5.74) is 0.209. The van der Waals surface area contributed by atoms with E-state index in [1.165, 1.54) is 23.9 Å². The van der Waals surface area contributed by atoms with Crippen LogP contribution in [0.3, 0.4) is 0 Å². The van der Waals surface area contributed by atoms with Crippen LogP contribution in [-0.2, 0) is 11.0 Å². The highest BCUT2D eigenvalue weighted by Crippen LogP contribution is 2.31. The minimum absolute atomic E-state index is 0.111. The number of aromatic nitrogens is 2. The van der Waals surface area contributed by atoms with Crippen molar-refractivity contribution < 1.29 is 18.0 Å². The van der Waals surface area contributed by atoms with Gasteiger partial charge in [0, 0.05) is 11.9 Å². The number of nitrogens with one attached hydrogen (secondary N) is 1. The van der Waals surface area contributed by atoms with Crippen molar-refractivity contribution in [1.29, 1.82) is 0 Å². The van der Waals surface area contributed by atoms with E-state index in [9.17, 15) is 18.0 Å². The highest BCUT2D eigenvalue weighted by atomic mass is 32.2. The molecule has 0 aliphatic rings. The number of thioether (sulfide) groups is 1. The van der Waals surface area contributed by atoms with Crippen LogP contribution in [-0.4, -0.2) is 20.5 Å². The van der Waals surface area contributed by atoms with Crippen LogP contribution in [0, 0.1) is 0 Å². The molecule has 25 heavy (non-hydrogen) atoms. The van der Waals surface area contributed by atoms with E-state index >= 15 is 0 Å². The summed E-state index contributed by atoms with van der Waals surface area (Å²) in [4.78, 5) is 16.6. The minimum Gasteiger partial charge on any atom is -0.325 e. The van der Waals surface area contributed by atoms with Gasteiger partial charge < -0.3 is 5.32 Å². The van der Waals surface area contributed by atoms with E-state index in [0.29, 0.717) is 5.16 Å². The molecule has 0 saturated heterocycles. The third-order valence-electron chi connectivity index (χ3n) is 3.51. The summed E-state index contributed by atoms with van der Waals surface area (Å²) in [5, 5.41) is 2.63. The van der Waals surface area contributed by atoms with Crippen LogP contribution >= 0.6 is 11.8 Å². The van der Waals surface area contributed by atoms with Crippen molar-refractivity contribution in [3.05, 3.63) is 60.4 Å². The third kappa shape index (κ3) is 3.96. The smallest absolute Gasteiger partial charge is 0.325 e. The van der Waals surface area contributed by atoms with Crippen LogP contribution in [0.4, 0.5) is 18.9 Å². The fourth-order valence-corrected chi connectivity index (χ4v) is 3.11. The molecule has 0 aliphatic heterocycles. The Kier molecular flexibility index (Phi) is 4.71. The number of benzene rings is 1. The Morgan fingerprint density at radius 1 is 1.24 bits per heavy atom. The maximum atomic E-state index is 12.7. The summed E-state index contributed by atoms with van der Waals surface area (Å²) in [6.07, 6.45) is -0.919. The highest BCUT2D eigenvalue weighted by molar-refractivity contribution is 8.00. The van der Waals surface area contributed by atoms with Gasteiger partial charge in [0.25, 0.3) is 0 Å². The maximum Gasteiger partial charge on any atom is 0.416 e. The van der Waals surface area contributed by atoms with Crippen molar-refractivity contribution in [3.63, 3.8) is 0 Å². The number of amides is 1. The molecule has 0 bridgehead atoms. The standard InChI is InChI=1S/C17H14F3N3OS/c1-11(25-16-21-10-14-7-2-3-8-23(14)16)15(24)22-13-6-4-5-12(9-13)17(18,19)20/h2-11H,1H3,(H,22,24). The Bertz CT molecular complexity index is 907. The largest absolute Gasteiger partial charge is 0.416 e. The molecule has 8 heteroatoms. The monoisotopic (exact) mass is 365 g/mol. The average Bonchev–Trinajstić information content (AvgIpc) is 2.97. The number of pyridine rings is 1. The Balaban J connectivity index is 1.71. The van der Waals surface area contributed by atoms with Gasteiger partial charge in [-0.1, -0.05) is 23.9 Å². The van der Waals surface area contributed by atoms with E-state index in [1.807, 2.05) is 28.8 Å². The molecule has 0 spiro atoms. The summed E-state index contributed by atoms with van der Waals surface area (Å²) >= 11 is 1.23. The first-order chi connectivity index (χ1) is 11.8. The Labute approximate surface area is 146 Å². The summed E-state index contributed by atoms with van der Waals surface area (Å²) in [5.74, 6) is -0.392. The number of imidazole rings is 1. The van der Waals surface area contributed by atoms with Crippen molar-refractivity contribution in [3.8, 4) is 0 Å². The van der Waals surface area contributed by atoms with Gasteiger partial charge >= 0.3 is 6.18 Å². The zero-order chi connectivity index (χ0) is 18.0. The molecular formula is C17H14F3N3OS. The van der Waals surface area contributed by atoms with E-state index in [2.05, 4.69) is 10.3 Å². The van der Waals surface area contributed by atoms with Crippen LogP contribution in [0.2, 0.25) is 0 Å². The van der Waals surface area contributed by atoms with Crippen LogP contribution in [0.5, 0.6) is 0 Å². The lowest BCUT2D eigenvalue weighted by atomic mass is 10.2. The molecule has 2 aromatic heterocycles. The first-order valence-electron chi connectivity index (χ1n) is 7.41. The molecule has 3 rings (SSSR count). The van der Waals surface area contributed by atoms with Gasteiger partial charge in [-0.2, -0.15) is 13.2 Å². The second kappa shape index (κ2) is 6.79. The number of anilines is 1. The molecule has 4 nitrogen and oxygen atoms in total. The fraction of sp³-hybridized carbons (Fsp3) is 0.176. The predicted molar refractivity (Wildman–Crippen MR) is 90.6 cm³/mol. The van der Waals surface area contributed by atoms with Crippen LogP contribution in [0.25, 0.3) is 5.52 Å². The lowest BCUT2D eigenvalue weighted by Crippen LogP contribution is -2.23. The molecule has 3 aromatic rings. The molecule has 2 heterocycles. The SMILES string of the molecule is CC(Sc1ncc2ccccn12)C(=O)Nc1cccc(C(F)(F)F)c1. The number of halogens is 3. The van der Waals surface area contributed by atoms with Crippen molar-refractivity contribution >= 4 is 28.9 Å². The Morgan fingerprint density at radius 2 is 2.04 bits per heavy atom. The van der Waals surface area contributed by atoms with Crippen LogP contribution in [0.15, 0.2) is 60.0 Å².